The predicted octanol–water partition coefficient (Wildman–Crippen LogP) is -0.410. The molecule has 0 radical (unpaired) electrons. The van der Waals surface area contributed by atoms with Gasteiger partial charge in [0.2, 0.25) is 5.91 Å². The Balaban J connectivity index is 2.53. The first-order chi connectivity index (χ1) is 8.06. The molecule has 3 atom stereocenters. The third-order valence-corrected chi connectivity index (χ3v) is 3.01. The van der Waals surface area contributed by atoms with E-state index in [1.807, 2.05) is 13.8 Å². The molecule has 0 aromatic heterocycles. The second-order valence-corrected chi connectivity index (χ2v) is 4.29. The van der Waals surface area contributed by atoms with Crippen LogP contribution in [0.2, 0.25) is 0 Å². The van der Waals surface area contributed by atoms with Gasteiger partial charge in [0.05, 0.1) is 13.2 Å². The smallest absolute Gasteiger partial charge is 0.326 e. The van der Waals surface area contributed by atoms with E-state index in [-0.39, 0.29) is 11.8 Å². The number of carboxylic acids is 1. The second-order valence-electron chi connectivity index (χ2n) is 4.29. The standard InChI is InChI=1S/C11H20N2O4/c1-3-7(2)9(11(15)16)13-10(14)8-6-17-5-4-12-8/h7-9,12H,3-6H2,1-2H3,(H,13,14)(H,15,16)/t7-,8?,9-/m0/s1. The summed E-state index contributed by atoms with van der Waals surface area (Å²) < 4.78 is 5.16. The minimum absolute atomic E-state index is 0.0963. The fourth-order valence-electron chi connectivity index (χ4n) is 1.67. The van der Waals surface area contributed by atoms with Gasteiger partial charge in [0.15, 0.2) is 0 Å². The Labute approximate surface area is 101 Å². The molecule has 0 aromatic rings. The van der Waals surface area contributed by atoms with Gasteiger partial charge in [0.25, 0.3) is 0 Å². The van der Waals surface area contributed by atoms with E-state index in [9.17, 15) is 9.59 Å². The molecular weight excluding hydrogens is 224 g/mol. The summed E-state index contributed by atoms with van der Waals surface area (Å²) in [4.78, 5) is 22.9. The summed E-state index contributed by atoms with van der Waals surface area (Å²) >= 11 is 0. The van der Waals surface area contributed by atoms with Gasteiger partial charge in [-0.05, 0) is 5.92 Å². The van der Waals surface area contributed by atoms with Gasteiger partial charge in [-0.1, -0.05) is 20.3 Å². The summed E-state index contributed by atoms with van der Waals surface area (Å²) in [6, 6.07) is -1.29. The van der Waals surface area contributed by atoms with Gasteiger partial charge in [0.1, 0.15) is 12.1 Å². The number of carbonyl (C=O) groups excluding carboxylic acids is 1. The minimum Gasteiger partial charge on any atom is -0.480 e. The monoisotopic (exact) mass is 244 g/mol. The van der Waals surface area contributed by atoms with Crippen molar-refractivity contribution in [3.8, 4) is 0 Å². The zero-order valence-electron chi connectivity index (χ0n) is 10.2. The highest BCUT2D eigenvalue weighted by molar-refractivity contribution is 5.87. The van der Waals surface area contributed by atoms with Gasteiger partial charge >= 0.3 is 5.97 Å². The molecular formula is C11H20N2O4. The molecule has 6 nitrogen and oxygen atoms in total. The summed E-state index contributed by atoms with van der Waals surface area (Å²) in [5, 5.41) is 14.6. The molecule has 1 heterocycles. The van der Waals surface area contributed by atoms with Crippen LogP contribution in [0.4, 0.5) is 0 Å². The Morgan fingerprint density at radius 2 is 2.29 bits per heavy atom. The molecule has 17 heavy (non-hydrogen) atoms. The van der Waals surface area contributed by atoms with Crippen LogP contribution in [0.1, 0.15) is 20.3 Å². The Hall–Kier alpha value is -1.14. The molecule has 6 heteroatoms. The fourth-order valence-corrected chi connectivity index (χ4v) is 1.67. The zero-order chi connectivity index (χ0) is 12.8. The van der Waals surface area contributed by atoms with Crippen molar-refractivity contribution in [1.82, 2.24) is 10.6 Å². The minimum atomic E-state index is -0.996. The summed E-state index contributed by atoms with van der Waals surface area (Å²) in [5.41, 5.74) is 0. The van der Waals surface area contributed by atoms with Gasteiger partial charge in [-0.15, -0.1) is 0 Å². The van der Waals surface area contributed by atoms with Crippen LogP contribution in [0.5, 0.6) is 0 Å². The lowest BCUT2D eigenvalue weighted by atomic mass is 9.99. The average Bonchev–Trinajstić information content (AvgIpc) is 2.35. The number of aliphatic carboxylic acids is 1. The number of hydrogen-bond donors (Lipinski definition) is 3. The molecule has 0 spiro atoms. The van der Waals surface area contributed by atoms with E-state index < -0.39 is 18.1 Å². The van der Waals surface area contributed by atoms with E-state index in [0.29, 0.717) is 26.2 Å². The molecule has 1 aliphatic heterocycles. The summed E-state index contributed by atoms with van der Waals surface area (Å²) in [7, 11) is 0. The highest BCUT2D eigenvalue weighted by atomic mass is 16.5. The quantitative estimate of drug-likeness (QED) is 0.612. The lowest BCUT2D eigenvalue weighted by molar-refractivity contribution is -0.144. The Bertz CT molecular complexity index is 277. The molecule has 98 valence electrons. The van der Waals surface area contributed by atoms with Crippen molar-refractivity contribution < 1.29 is 19.4 Å². The van der Waals surface area contributed by atoms with Crippen molar-refractivity contribution in [1.29, 1.82) is 0 Å². The van der Waals surface area contributed by atoms with Gasteiger partial charge in [-0.25, -0.2) is 4.79 Å². The van der Waals surface area contributed by atoms with Crippen LogP contribution in [0, 0.1) is 5.92 Å². The number of ether oxygens (including phenoxy) is 1. The van der Waals surface area contributed by atoms with Crippen molar-refractivity contribution in [2.75, 3.05) is 19.8 Å². The maximum atomic E-state index is 11.8. The largest absolute Gasteiger partial charge is 0.480 e. The van der Waals surface area contributed by atoms with Crippen LogP contribution in [0.3, 0.4) is 0 Å². The van der Waals surface area contributed by atoms with Crippen molar-refractivity contribution in [2.45, 2.75) is 32.4 Å². The molecule has 1 unspecified atom stereocenters. The lowest BCUT2D eigenvalue weighted by Gasteiger charge is -2.26. The van der Waals surface area contributed by atoms with Crippen LogP contribution < -0.4 is 10.6 Å². The maximum absolute atomic E-state index is 11.8. The van der Waals surface area contributed by atoms with E-state index in [1.54, 1.807) is 0 Å². The fraction of sp³-hybridized carbons (Fsp3) is 0.818. The molecule has 0 aliphatic carbocycles. The molecule has 0 aromatic carbocycles. The number of rotatable bonds is 5. The van der Waals surface area contributed by atoms with E-state index >= 15 is 0 Å². The van der Waals surface area contributed by atoms with Crippen molar-refractivity contribution >= 4 is 11.9 Å². The first kappa shape index (κ1) is 13.9. The van der Waals surface area contributed by atoms with Crippen LogP contribution >= 0.6 is 0 Å². The van der Waals surface area contributed by atoms with Crippen LogP contribution in [-0.2, 0) is 14.3 Å². The summed E-state index contributed by atoms with van der Waals surface area (Å²) in [6.45, 7) is 5.19. The lowest BCUT2D eigenvalue weighted by Crippen LogP contribution is -2.56. The first-order valence-corrected chi connectivity index (χ1v) is 5.90. The Morgan fingerprint density at radius 3 is 2.76 bits per heavy atom. The van der Waals surface area contributed by atoms with E-state index in [0.717, 1.165) is 0 Å². The number of nitrogens with one attached hydrogen (secondary N) is 2. The van der Waals surface area contributed by atoms with Crippen LogP contribution in [0.15, 0.2) is 0 Å². The number of hydrogen-bond acceptors (Lipinski definition) is 4. The number of carboxylic acid groups (broad SMARTS) is 1. The van der Waals surface area contributed by atoms with Crippen molar-refractivity contribution in [3.05, 3.63) is 0 Å². The normalized spacial score (nSPS) is 23.8. The number of amides is 1. The third-order valence-electron chi connectivity index (χ3n) is 3.01. The highest BCUT2D eigenvalue weighted by Gasteiger charge is 2.29. The summed E-state index contributed by atoms with van der Waals surface area (Å²) in [6.07, 6.45) is 0.700. The van der Waals surface area contributed by atoms with Gasteiger partial charge < -0.3 is 20.5 Å². The van der Waals surface area contributed by atoms with Crippen LogP contribution in [-0.4, -0.2) is 48.8 Å². The molecule has 0 bridgehead atoms. The third kappa shape index (κ3) is 3.98. The second kappa shape index (κ2) is 6.56. The molecule has 1 aliphatic rings. The maximum Gasteiger partial charge on any atom is 0.326 e. The van der Waals surface area contributed by atoms with E-state index in [1.165, 1.54) is 0 Å². The average molecular weight is 244 g/mol. The molecule has 3 N–H and O–H groups in total. The SMILES string of the molecule is CC[C@H](C)[C@H](NC(=O)C1COCCN1)C(=O)O. The zero-order valence-corrected chi connectivity index (χ0v) is 10.2. The molecule has 0 saturated carbocycles. The van der Waals surface area contributed by atoms with Gasteiger partial charge in [0, 0.05) is 6.54 Å². The molecule has 1 rings (SSSR count). The molecule has 1 fully saturated rings. The Morgan fingerprint density at radius 1 is 1.59 bits per heavy atom. The topological polar surface area (TPSA) is 87.7 Å². The first-order valence-electron chi connectivity index (χ1n) is 5.90. The van der Waals surface area contributed by atoms with Gasteiger partial charge in [-0.3, -0.25) is 4.79 Å². The predicted molar refractivity (Wildman–Crippen MR) is 61.6 cm³/mol. The summed E-state index contributed by atoms with van der Waals surface area (Å²) in [5.74, 6) is -1.40. The molecule has 1 amide bonds. The highest BCUT2D eigenvalue weighted by Crippen LogP contribution is 2.08. The van der Waals surface area contributed by atoms with E-state index in [2.05, 4.69) is 10.6 Å². The number of carbonyl (C=O) groups is 2. The van der Waals surface area contributed by atoms with E-state index in [4.69, 9.17) is 9.84 Å². The van der Waals surface area contributed by atoms with Crippen LogP contribution in [0.25, 0.3) is 0 Å². The van der Waals surface area contributed by atoms with Crippen molar-refractivity contribution in [3.63, 3.8) is 0 Å². The Kier molecular flexibility index (Phi) is 5.37. The molecule has 1 saturated heterocycles. The number of morpholine rings is 1. The van der Waals surface area contributed by atoms with Gasteiger partial charge in [-0.2, -0.15) is 0 Å². The van der Waals surface area contributed by atoms with Crippen molar-refractivity contribution in [2.24, 2.45) is 5.92 Å².